The third-order valence-corrected chi connectivity index (χ3v) is 3.42. The lowest BCUT2D eigenvalue weighted by molar-refractivity contribution is 0.261. The Morgan fingerprint density at radius 3 is 1.95 bits per heavy atom. The van der Waals surface area contributed by atoms with E-state index in [1.165, 1.54) is 0 Å². The predicted octanol–water partition coefficient (Wildman–Crippen LogP) is 1.70. The third-order valence-electron chi connectivity index (χ3n) is 3.42. The van der Waals surface area contributed by atoms with Gasteiger partial charge in [-0.1, -0.05) is 0 Å². The maximum Gasteiger partial charge on any atom is 0.159 e. The summed E-state index contributed by atoms with van der Waals surface area (Å²) in [7, 11) is 0. The van der Waals surface area contributed by atoms with Crippen LogP contribution < -0.4 is 9.47 Å². The van der Waals surface area contributed by atoms with Crippen LogP contribution in [0.5, 0.6) is 11.5 Å². The summed E-state index contributed by atoms with van der Waals surface area (Å²) < 4.78 is 21.3. The van der Waals surface area contributed by atoms with Crippen LogP contribution in [-0.4, -0.2) is 48.6 Å². The van der Waals surface area contributed by atoms with Crippen molar-refractivity contribution in [1.82, 2.24) is 9.97 Å². The van der Waals surface area contributed by atoms with Crippen LogP contribution in [0.25, 0.3) is 11.4 Å². The zero-order chi connectivity index (χ0) is 14.8. The number of ether oxygens (including phenoxy) is 4. The van der Waals surface area contributed by atoms with Crippen molar-refractivity contribution in [1.29, 1.82) is 0 Å². The summed E-state index contributed by atoms with van der Waals surface area (Å²) in [5, 5.41) is 0. The van der Waals surface area contributed by atoms with Gasteiger partial charge in [-0.25, -0.2) is 9.97 Å². The summed E-state index contributed by atoms with van der Waals surface area (Å²) in [6.07, 6.45) is 3.85. The predicted molar refractivity (Wildman–Crippen MR) is 77.9 cm³/mol. The van der Waals surface area contributed by atoms with Gasteiger partial charge in [0.15, 0.2) is 11.6 Å². The molecule has 2 unspecified atom stereocenters. The van der Waals surface area contributed by atoms with Crippen LogP contribution in [0.15, 0.2) is 36.7 Å². The number of nitrogens with zero attached hydrogens (tertiary/aromatic N) is 2. The van der Waals surface area contributed by atoms with Gasteiger partial charge >= 0.3 is 0 Å². The van der Waals surface area contributed by atoms with Crippen LogP contribution in [0.3, 0.4) is 0 Å². The third kappa shape index (κ3) is 3.52. The normalized spacial score (nSPS) is 22.2. The van der Waals surface area contributed by atoms with Gasteiger partial charge in [-0.2, -0.15) is 0 Å². The molecule has 1 aromatic carbocycles. The van der Waals surface area contributed by atoms with E-state index in [4.69, 9.17) is 18.9 Å². The summed E-state index contributed by atoms with van der Waals surface area (Å²) in [6.45, 7) is 2.74. The van der Waals surface area contributed by atoms with E-state index in [-0.39, 0.29) is 12.2 Å². The number of epoxide rings is 2. The zero-order valence-corrected chi connectivity index (χ0v) is 12.0. The van der Waals surface area contributed by atoms with Gasteiger partial charge in [0.05, 0.1) is 25.6 Å². The van der Waals surface area contributed by atoms with Crippen molar-refractivity contribution in [3.63, 3.8) is 0 Å². The standard InChI is InChI=1S/C16H16N2O4/c1-3-12(19-7-14-9-21-14)4-2-11(1)16-17-5-13(6-18-16)20-8-15-10-22-15/h1-6,14-15H,7-10H2. The minimum Gasteiger partial charge on any atom is -0.491 e. The number of rotatable bonds is 7. The lowest BCUT2D eigenvalue weighted by Crippen LogP contribution is -2.05. The van der Waals surface area contributed by atoms with Gasteiger partial charge in [0.1, 0.15) is 31.2 Å². The molecule has 3 heterocycles. The molecule has 0 bridgehead atoms. The molecule has 114 valence electrons. The largest absolute Gasteiger partial charge is 0.491 e. The number of benzene rings is 1. The van der Waals surface area contributed by atoms with Crippen LogP contribution in [0.4, 0.5) is 0 Å². The minimum atomic E-state index is 0.230. The second-order valence-corrected chi connectivity index (χ2v) is 5.30. The van der Waals surface area contributed by atoms with E-state index in [9.17, 15) is 0 Å². The molecule has 0 amide bonds. The molecule has 1 aromatic heterocycles. The van der Waals surface area contributed by atoms with Gasteiger partial charge < -0.3 is 18.9 Å². The highest BCUT2D eigenvalue weighted by Gasteiger charge is 2.23. The first-order valence-corrected chi connectivity index (χ1v) is 7.28. The molecule has 0 radical (unpaired) electrons. The summed E-state index contributed by atoms with van der Waals surface area (Å²) in [5.74, 6) is 2.14. The molecule has 0 N–H and O–H groups in total. The minimum absolute atomic E-state index is 0.230. The zero-order valence-electron chi connectivity index (χ0n) is 12.0. The Hall–Kier alpha value is -2.18. The van der Waals surface area contributed by atoms with Crippen LogP contribution in [0, 0.1) is 0 Å². The SMILES string of the molecule is c1cc(-c2ncc(OCC3CO3)cn2)ccc1OCC1CO1. The number of aromatic nitrogens is 2. The van der Waals surface area contributed by atoms with Crippen molar-refractivity contribution in [3.8, 4) is 22.9 Å². The molecular weight excluding hydrogens is 284 g/mol. The van der Waals surface area contributed by atoms with Gasteiger partial charge in [0.2, 0.25) is 0 Å². The van der Waals surface area contributed by atoms with Gasteiger partial charge in [0, 0.05) is 5.56 Å². The Kier molecular flexibility index (Phi) is 3.62. The van der Waals surface area contributed by atoms with Crippen molar-refractivity contribution in [3.05, 3.63) is 36.7 Å². The fraction of sp³-hybridized carbons (Fsp3) is 0.375. The van der Waals surface area contributed by atoms with Crippen molar-refractivity contribution in [2.45, 2.75) is 12.2 Å². The molecule has 2 aromatic rings. The first-order chi connectivity index (χ1) is 10.9. The summed E-state index contributed by atoms with van der Waals surface area (Å²) in [5.41, 5.74) is 0.937. The van der Waals surface area contributed by atoms with Crippen molar-refractivity contribution < 1.29 is 18.9 Å². The molecular formula is C16H16N2O4. The van der Waals surface area contributed by atoms with E-state index < -0.39 is 0 Å². The Balaban J connectivity index is 1.37. The van der Waals surface area contributed by atoms with Crippen LogP contribution in [-0.2, 0) is 9.47 Å². The maximum atomic E-state index is 5.60. The highest BCUT2D eigenvalue weighted by atomic mass is 16.6. The molecule has 2 aliphatic rings. The molecule has 2 saturated heterocycles. The second kappa shape index (κ2) is 5.90. The van der Waals surface area contributed by atoms with Gasteiger partial charge in [-0.05, 0) is 24.3 Å². The monoisotopic (exact) mass is 300 g/mol. The molecule has 0 aliphatic carbocycles. The Bertz CT molecular complexity index is 564. The molecule has 2 fully saturated rings. The molecule has 2 aliphatic heterocycles. The molecule has 0 saturated carbocycles. The average molecular weight is 300 g/mol. The second-order valence-electron chi connectivity index (χ2n) is 5.30. The fourth-order valence-corrected chi connectivity index (χ4v) is 1.95. The van der Waals surface area contributed by atoms with Gasteiger partial charge in [0.25, 0.3) is 0 Å². The van der Waals surface area contributed by atoms with Gasteiger partial charge in [-0.3, -0.25) is 0 Å². The highest BCUT2D eigenvalue weighted by molar-refractivity contribution is 5.56. The smallest absolute Gasteiger partial charge is 0.159 e. The summed E-state index contributed by atoms with van der Waals surface area (Å²) in [6, 6.07) is 7.71. The lowest BCUT2D eigenvalue weighted by atomic mass is 10.2. The first-order valence-electron chi connectivity index (χ1n) is 7.28. The summed E-state index contributed by atoms with van der Waals surface area (Å²) >= 11 is 0. The Labute approximate surface area is 128 Å². The van der Waals surface area contributed by atoms with E-state index in [1.807, 2.05) is 24.3 Å². The van der Waals surface area contributed by atoms with Crippen molar-refractivity contribution in [2.75, 3.05) is 26.4 Å². The molecule has 22 heavy (non-hydrogen) atoms. The topological polar surface area (TPSA) is 69.3 Å². The quantitative estimate of drug-likeness (QED) is 0.725. The lowest BCUT2D eigenvalue weighted by Gasteiger charge is -2.06. The Morgan fingerprint density at radius 2 is 1.41 bits per heavy atom. The fourth-order valence-electron chi connectivity index (χ4n) is 1.95. The van der Waals surface area contributed by atoms with Gasteiger partial charge in [-0.15, -0.1) is 0 Å². The molecule has 6 nitrogen and oxygen atoms in total. The molecule has 4 rings (SSSR count). The van der Waals surface area contributed by atoms with Crippen LogP contribution >= 0.6 is 0 Å². The van der Waals surface area contributed by atoms with E-state index in [0.717, 1.165) is 24.5 Å². The summed E-state index contributed by atoms with van der Waals surface area (Å²) in [4.78, 5) is 8.65. The van der Waals surface area contributed by atoms with Crippen molar-refractivity contribution >= 4 is 0 Å². The van der Waals surface area contributed by atoms with Crippen LogP contribution in [0.2, 0.25) is 0 Å². The van der Waals surface area contributed by atoms with E-state index in [2.05, 4.69) is 9.97 Å². The Morgan fingerprint density at radius 1 is 0.864 bits per heavy atom. The highest BCUT2D eigenvalue weighted by Crippen LogP contribution is 2.21. The van der Waals surface area contributed by atoms with E-state index in [1.54, 1.807) is 12.4 Å². The molecule has 0 spiro atoms. The van der Waals surface area contributed by atoms with E-state index in [0.29, 0.717) is 24.8 Å². The first kappa shape index (κ1) is 13.5. The number of hydrogen-bond donors (Lipinski definition) is 0. The van der Waals surface area contributed by atoms with E-state index >= 15 is 0 Å². The molecule has 6 heteroatoms. The van der Waals surface area contributed by atoms with Crippen molar-refractivity contribution in [2.24, 2.45) is 0 Å². The maximum absolute atomic E-state index is 5.60. The average Bonchev–Trinajstić information content (AvgIpc) is 3.47. The number of hydrogen-bond acceptors (Lipinski definition) is 6. The van der Waals surface area contributed by atoms with Crippen LogP contribution in [0.1, 0.15) is 0 Å². The molecule has 2 atom stereocenters.